The summed E-state index contributed by atoms with van der Waals surface area (Å²) >= 11 is 0. The summed E-state index contributed by atoms with van der Waals surface area (Å²) in [6.45, 7) is 11.2. The van der Waals surface area contributed by atoms with E-state index in [4.69, 9.17) is 4.65 Å². The number of aromatic amines is 1. The number of nitrogens with zero attached hydrogens (tertiary/aromatic N) is 1. The Morgan fingerprint density at radius 2 is 1.94 bits per heavy atom. The number of nitrogens with one attached hydrogen (secondary N) is 1. The summed E-state index contributed by atoms with van der Waals surface area (Å²) in [5.74, 6) is 0.675. The van der Waals surface area contributed by atoms with Gasteiger partial charge in [-0.2, -0.15) is 5.10 Å². The van der Waals surface area contributed by atoms with Crippen molar-refractivity contribution in [3.05, 3.63) is 12.4 Å². The van der Waals surface area contributed by atoms with E-state index in [-0.39, 0.29) is 17.9 Å². The number of aromatic nitrogens is 2. The fourth-order valence-corrected chi connectivity index (χ4v) is 1.75. The molecule has 0 aliphatic heterocycles. The quantitative estimate of drug-likeness (QED) is 0.813. The highest BCUT2D eigenvalue weighted by atomic mass is 16.5. The zero-order valence-electron chi connectivity index (χ0n) is 11.6. The van der Waals surface area contributed by atoms with E-state index in [1.807, 2.05) is 12.4 Å². The average molecular weight is 234 g/mol. The van der Waals surface area contributed by atoms with Gasteiger partial charge < -0.3 is 4.65 Å². The third-order valence-electron chi connectivity index (χ3n) is 4.13. The highest BCUT2D eigenvalue weighted by molar-refractivity contribution is 6.69. The lowest BCUT2D eigenvalue weighted by molar-refractivity contribution is -0.000925. The standard InChI is InChI=1S/C13H23BN2O/c1-12(2,3)13(4,5)17-14(10-6-7-10)11-8-15-16-9-11/h8-10H,6-7H2,1-5H3,(H,15,16). The Hall–Kier alpha value is -0.765. The third kappa shape index (κ3) is 2.74. The first-order valence-corrected chi connectivity index (χ1v) is 6.48. The topological polar surface area (TPSA) is 37.9 Å². The predicted octanol–water partition coefficient (Wildman–Crippen LogP) is 2.61. The Labute approximate surface area is 104 Å². The number of H-pyrrole nitrogens is 1. The molecule has 1 heterocycles. The van der Waals surface area contributed by atoms with Gasteiger partial charge in [0, 0.05) is 12.4 Å². The second-order valence-corrected chi connectivity index (χ2v) is 6.67. The van der Waals surface area contributed by atoms with E-state index < -0.39 is 0 Å². The molecule has 2 rings (SSSR count). The zero-order chi connectivity index (χ0) is 12.7. The molecule has 1 aromatic rings. The van der Waals surface area contributed by atoms with Gasteiger partial charge in [-0.05, 0) is 30.5 Å². The van der Waals surface area contributed by atoms with Gasteiger partial charge in [0.1, 0.15) is 0 Å². The van der Waals surface area contributed by atoms with Crippen LogP contribution in [0.3, 0.4) is 0 Å². The maximum atomic E-state index is 6.41. The van der Waals surface area contributed by atoms with Crippen LogP contribution < -0.4 is 5.46 Å². The largest absolute Gasteiger partial charge is 0.425 e. The molecule has 17 heavy (non-hydrogen) atoms. The summed E-state index contributed by atoms with van der Waals surface area (Å²) in [5.41, 5.74) is 1.17. The van der Waals surface area contributed by atoms with Crippen LogP contribution in [0.4, 0.5) is 0 Å². The van der Waals surface area contributed by atoms with Gasteiger partial charge in [0.25, 0.3) is 0 Å². The second-order valence-electron chi connectivity index (χ2n) is 6.67. The van der Waals surface area contributed by atoms with Crippen molar-refractivity contribution in [2.24, 2.45) is 5.41 Å². The summed E-state index contributed by atoms with van der Waals surface area (Å²) in [4.78, 5) is 0. The molecule has 1 fully saturated rings. The van der Waals surface area contributed by atoms with E-state index in [2.05, 4.69) is 44.8 Å². The molecule has 1 aliphatic rings. The Morgan fingerprint density at radius 1 is 1.29 bits per heavy atom. The molecule has 0 bridgehead atoms. The zero-order valence-corrected chi connectivity index (χ0v) is 11.6. The van der Waals surface area contributed by atoms with E-state index in [1.54, 1.807) is 0 Å². The minimum atomic E-state index is -0.141. The Bertz CT molecular complexity index is 363. The van der Waals surface area contributed by atoms with Gasteiger partial charge >= 0.3 is 6.92 Å². The van der Waals surface area contributed by atoms with Crippen LogP contribution in [-0.4, -0.2) is 22.7 Å². The third-order valence-corrected chi connectivity index (χ3v) is 4.13. The first-order chi connectivity index (χ1) is 7.81. The van der Waals surface area contributed by atoms with E-state index in [0.717, 1.165) is 0 Å². The summed E-state index contributed by atoms with van der Waals surface area (Å²) in [7, 11) is 0. The Kier molecular flexibility index (Phi) is 3.11. The smallest absolute Gasteiger partial charge is 0.333 e. The van der Waals surface area contributed by atoms with Crippen LogP contribution in [0.2, 0.25) is 5.82 Å². The van der Waals surface area contributed by atoms with Crippen LogP contribution in [0.5, 0.6) is 0 Å². The normalized spacial score (nSPS) is 17.2. The molecule has 3 nitrogen and oxygen atoms in total. The Balaban J connectivity index is 2.14. The van der Waals surface area contributed by atoms with E-state index >= 15 is 0 Å². The predicted molar refractivity (Wildman–Crippen MR) is 71.6 cm³/mol. The van der Waals surface area contributed by atoms with Crippen molar-refractivity contribution in [3.8, 4) is 0 Å². The van der Waals surface area contributed by atoms with Gasteiger partial charge in [0.15, 0.2) is 0 Å². The minimum Gasteiger partial charge on any atom is -0.425 e. The van der Waals surface area contributed by atoms with Crippen molar-refractivity contribution in [2.45, 2.75) is 58.9 Å². The van der Waals surface area contributed by atoms with Crippen molar-refractivity contribution < 1.29 is 4.65 Å². The summed E-state index contributed by atoms with van der Waals surface area (Å²) < 4.78 is 6.41. The number of hydrogen-bond acceptors (Lipinski definition) is 2. The van der Waals surface area contributed by atoms with E-state index in [1.165, 1.54) is 18.3 Å². The molecular formula is C13H23BN2O. The molecule has 1 saturated carbocycles. The first-order valence-electron chi connectivity index (χ1n) is 6.48. The lowest BCUT2D eigenvalue weighted by Gasteiger charge is -2.41. The molecule has 0 amide bonds. The molecule has 1 aromatic heterocycles. The fraction of sp³-hybridized carbons (Fsp3) is 0.769. The SMILES string of the molecule is CC(C)(C)C(C)(C)OB(c1cn[nH]c1)C1CC1. The maximum Gasteiger partial charge on any atom is 0.333 e. The average Bonchev–Trinajstić information content (AvgIpc) is 2.88. The molecule has 0 aromatic carbocycles. The highest BCUT2D eigenvalue weighted by Gasteiger charge is 2.44. The lowest BCUT2D eigenvalue weighted by atomic mass is 9.56. The molecule has 1 N–H and O–H groups in total. The molecule has 0 atom stereocenters. The van der Waals surface area contributed by atoms with Crippen LogP contribution in [0.25, 0.3) is 0 Å². The van der Waals surface area contributed by atoms with Crippen LogP contribution in [0.15, 0.2) is 12.4 Å². The van der Waals surface area contributed by atoms with Gasteiger partial charge in [-0.1, -0.05) is 33.6 Å². The first kappa shape index (κ1) is 12.7. The number of hydrogen-bond donors (Lipinski definition) is 1. The van der Waals surface area contributed by atoms with Crippen LogP contribution >= 0.6 is 0 Å². The lowest BCUT2D eigenvalue weighted by Crippen LogP contribution is -2.48. The summed E-state index contributed by atoms with van der Waals surface area (Å²) in [6, 6.07) is 0. The molecular weight excluding hydrogens is 211 g/mol. The molecule has 1 aliphatic carbocycles. The van der Waals surface area contributed by atoms with Crippen LogP contribution in [0.1, 0.15) is 47.5 Å². The van der Waals surface area contributed by atoms with Crippen molar-refractivity contribution in [1.29, 1.82) is 0 Å². The minimum absolute atomic E-state index is 0.129. The molecule has 0 unspecified atom stereocenters. The van der Waals surface area contributed by atoms with Crippen LogP contribution in [-0.2, 0) is 4.65 Å². The molecule has 94 valence electrons. The monoisotopic (exact) mass is 234 g/mol. The second kappa shape index (κ2) is 4.16. The van der Waals surface area contributed by atoms with Gasteiger partial charge in [0.2, 0.25) is 0 Å². The van der Waals surface area contributed by atoms with Gasteiger partial charge in [-0.15, -0.1) is 0 Å². The summed E-state index contributed by atoms with van der Waals surface area (Å²) in [5, 5.41) is 6.93. The van der Waals surface area contributed by atoms with Crippen molar-refractivity contribution in [2.75, 3.05) is 0 Å². The van der Waals surface area contributed by atoms with E-state index in [0.29, 0.717) is 5.82 Å². The summed E-state index contributed by atoms with van der Waals surface area (Å²) in [6.07, 6.45) is 6.40. The van der Waals surface area contributed by atoms with Crippen molar-refractivity contribution >= 4 is 12.4 Å². The molecule has 0 spiro atoms. The molecule has 0 radical (unpaired) electrons. The number of rotatable bonds is 4. The maximum absolute atomic E-state index is 6.41. The van der Waals surface area contributed by atoms with Crippen molar-refractivity contribution in [1.82, 2.24) is 10.2 Å². The van der Waals surface area contributed by atoms with Crippen molar-refractivity contribution in [3.63, 3.8) is 0 Å². The Morgan fingerprint density at radius 3 is 2.35 bits per heavy atom. The fourth-order valence-electron chi connectivity index (χ4n) is 1.75. The van der Waals surface area contributed by atoms with Gasteiger partial charge in [-0.25, -0.2) is 0 Å². The molecule has 0 saturated heterocycles. The molecule has 4 heteroatoms. The van der Waals surface area contributed by atoms with E-state index in [9.17, 15) is 0 Å². The highest BCUT2D eigenvalue weighted by Crippen LogP contribution is 2.43. The van der Waals surface area contributed by atoms with Gasteiger partial charge in [0.05, 0.1) is 5.60 Å². The van der Waals surface area contributed by atoms with Crippen LogP contribution in [0, 0.1) is 5.41 Å². The van der Waals surface area contributed by atoms with Gasteiger partial charge in [-0.3, -0.25) is 5.10 Å².